The Labute approximate surface area is 145 Å². The van der Waals surface area contributed by atoms with Crippen LogP contribution < -0.4 is 5.73 Å². The van der Waals surface area contributed by atoms with E-state index in [0.29, 0.717) is 6.42 Å². The van der Waals surface area contributed by atoms with Crippen molar-refractivity contribution in [3.8, 4) is 0 Å². The first kappa shape index (κ1) is 28.1. The molecule has 0 aromatic carbocycles. The lowest BCUT2D eigenvalue weighted by Gasteiger charge is -2.08. The van der Waals surface area contributed by atoms with Crippen molar-refractivity contribution >= 4 is 13.8 Å². The van der Waals surface area contributed by atoms with Crippen LogP contribution in [0.3, 0.4) is 0 Å². The molecule has 0 heterocycles. The molecular weight excluding hydrogens is 337 g/mol. The molecule has 0 spiro atoms. The zero-order chi connectivity index (χ0) is 18.0. The molecule has 146 valence electrons. The molecule has 9 heteroatoms. The van der Waals surface area contributed by atoms with Gasteiger partial charge in [-0.1, -0.05) is 45.8 Å². The van der Waals surface area contributed by atoms with E-state index in [1.165, 1.54) is 0 Å². The first-order valence-electron chi connectivity index (χ1n) is 7.70. The Bertz CT molecular complexity index is 351. The number of allylic oxidation sites excluding steroid dienone is 2. The fourth-order valence-electron chi connectivity index (χ4n) is 1.48. The summed E-state index contributed by atoms with van der Waals surface area (Å²) in [6.45, 7) is 3.92. The van der Waals surface area contributed by atoms with Gasteiger partial charge >= 0.3 is 13.8 Å². The van der Waals surface area contributed by atoms with Crippen molar-refractivity contribution in [1.82, 2.24) is 0 Å². The molecule has 0 aliphatic heterocycles. The molecule has 0 fully saturated rings. The molecule has 0 aliphatic carbocycles. The number of esters is 1. The molecule has 0 radical (unpaired) electrons. The van der Waals surface area contributed by atoms with Crippen LogP contribution >= 0.6 is 7.82 Å². The number of rotatable bonds is 12. The van der Waals surface area contributed by atoms with Crippen LogP contribution in [0.25, 0.3) is 0 Å². The molecule has 4 N–H and O–H groups in total. The highest BCUT2D eigenvalue weighted by Gasteiger charge is 2.21. The van der Waals surface area contributed by atoms with Crippen LogP contribution in [0.5, 0.6) is 0 Å². The molecular formula is C15H34NO7P. The van der Waals surface area contributed by atoms with Crippen LogP contribution in [0.1, 0.15) is 66.2 Å². The molecule has 1 atom stereocenters. The first-order valence-corrected chi connectivity index (χ1v) is 9.20. The average molecular weight is 371 g/mol. The van der Waals surface area contributed by atoms with Crippen molar-refractivity contribution in [3.05, 3.63) is 12.2 Å². The smallest absolute Gasteiger partial charge is 0.438 e. The third kappa shape index (κ3) is 23.5. The zero-order valence-electron chi connectivity index (χ0n) is 14.0. The van der Waals surface area contributed by atoms with Gasteiger partial charge in [-0.25, -0.2) is 14.3 Å². The van der Waals surface area contributed by atoms with E-state index in [9.17, 15) is 9.36 Å². The van der Waals surface area contributed by atoms with Gasteiger partial charge in [0.1, 0.15) is 0 Å². The third-order valence-corrected chi connectivity index (χ3v) is 3.16. The molecule has 0 rings (SSSR count). The average Bonchev–Trinajstić information content (AvgIpc) is 2.50. The van der Waals surface area contributed by atoms with Gasteiger partial charge in [-0.3, -0.25) is 4.79 Å². The summed E-state index contributed by atoms with van der Waals surface area (Å²) in [6.07, 6.45) is 10.5. The van der Waals surface area contributed by atoms with Gasteiger partial charge in [0.15, 0.2) is 0 Å². The van der Waals surface area contributed by atoms with Crippen LogP contribution in [0, 0.1) is 0 Å². The normalized spacial score (nSPS) is 12.7. The van der Waals surface area contributed by atoms with Crippen LogP contribution in [0.4, 0.5) is 0 Å². The maximum atomic E-state index is 11.2. The molecule has 1 unspecified atom stereocenters. The minimum absolute atomic E-state index is 0. The Hall–Kier alpha value is -0.760. The Morgan fingerprint density at radius 1 is 1.21 bits per heavy atom. The Morgan fingerprint density at radius 3 is 2.29 bits per heavy atom. The monoisotopic (exact) mass is 371 g/mol. The Balaban J connectivity index is -0.00000102. The van der Waals surface area contributed by atoms with E-state index in [4.69, 9.17) is 15.9 Å². The third-order valence-electron chi connectivity index (χ3n) is 2.53. The van der Waals surface area contributed by atoms with E-state index in [1.54, 1.807) is 0 Å². The molecule has 8 nitrogen and oxygen atoms in total. The maximum absolute atomic E-state index is 11.2. The number of unbranched alkanes of at least 4 members (excludes halogenated alkanes) is 5. The molecule has 24 heavy (non-hydrogen) atoms. The Kier molecular flexibility index (Phi) is 23.7. The zero-order valence-corrected chi connectivity index (χ0v) is 14.9. The molecule has 0 aliphatic rings. The van der Waals surface area contributed by atoms with Crippen LogP contribution in [-0.4, -0.2) is 29.5 Å². The SMILES string of the molecule is C.CC=CCCCCCCCC(=O)OCOP(=O)(O)OO.CCN. The summed E-state index contributed by atoms with van der Waals surface area (Å²) in [4.78, 5) is 19.8. The number of phosphoric acid groups is 1. The van der Waals surface area contributed by atoms with Gasteiger partial charge in [-0.05, 0) is 32.7 Å². The summed E-state index contributed by atoms with van der Waals surface area (Å²) in [6, 6.07) is 0. The van der Waals surface area contributed by atoms with Crippen LogP contribution in [0.15, 0.2) is 12.2 Å². The highest BCUT2D eigenvalue weighted by atomic mass is 31.2. The van der Waals surface area contributed by atoms with Gasteiger partial charge in [-0.15, -0.1) is 4.67 Å². The standard InChI is InChI=1S/C12H23O7P.C2H7N.CH4/c1-2-3-4-5-6-7-8-9-10-12(13)17-11-18-20(15,16)19-14;1-2-3;/h2-3,14H,4-11H2,1H3,(H,15,16);2-3H2,1H3;1H4. The summed E-state index contributed by atoms with van der Waals surface area (Å²) in [5, 5.41) is 7.95. The van der Waals surface area contributed by atoms with Crippen molar-refractivity contribution in [3.63, 3.8) is 0 Å². The van der Waals surface area contributed by atoms with Crippen molar-refractivity contribution in [2.75, 3.05) is 13.3 Å². The van der Waals surface area contributed by atoms with E-state index in [-0.39, 0.29) is 13.8 Å². The molecule has 0 saturated carbocycles. The highest BCUT2D eigenvalue weighted by Crippen LogP contribution is 2.41. The minimum atomic E-state index is -4.51. The number of ether oxygens (including phenoxy) is 1. The number of hydrogen-bond acceptors (Lipinski definition) is 7. The quantitative estimate of drug-likeness (QED) is 0.0893. The second-order valence-electron chi connectivity index (χ2n) is 4.60. The van der Waals surface area contributed by atoms with E-state index in [0.717, 1.165) is 38.6 Å². The summed E-state index contributed by atoms with van der Waals surface area (Å²) in [7, 11) is -4.51. The molecule has 0 aromatic heterocycles. The van der Waals surface area contributed by atoms with Crippen molar-refractivity contribution in [2.24, 2.45) is 5.73 Å². The summed E-state index contributed by atoms with van der Waals surface area (Å²) >= 11 is 0. The van der Waals surface area contributed by atoms with Gasteiger partial charge in [0, 0.05) is 6.42 Å². The van der Waals surface area contributed by atoms with Gasteiger partial charge < -0.3 is 15.4 Å². The number of phosphoric ester groups is 1. The first-order chi connectivity index (χ1) is 10.9. The summed E-state index contributed by atoms with van der Waals surface area (Å²) < 4.78 is 22.5. The molecule has 0 saturated heterocycles. The fourth-order valence-corrected chi connectivity index (χ4v) is 1.72. The van der Waals surface area contributed by atoms with E-state index < -0.39 is 20.6 Å². The van der Waals surface area contributed by atoms with Gasteiger partial charge in [0.25, 0.3) is 0 Å². The van der Waals surface area contributed by atoms with Crippen molar-refractivity contribution in [2.45, 2.75) is 66.2 Å². The molecule has 0 aromatic rings. The van der Waals surface area contributed by atoms with E-state index in [1.807, 2.05) is 19.9 Å². The fraction of sp³-hybridized carbons (Fsp3) is 0.800. The lowest BCUT2D eigenvalue weighted by molar-refractivity contribution is -0.174. The summed E-state index contributed by atoms with van der Waals surface area (Å²) in [5.74, 6) is -0.517. The maximum Gasteiger partial charge on any atom is 0.502 e. The second kappa shape index (κ2) is 20.3. The lowest BCUT2D eigenvalue weighted by Crippen LogP contribution is -2.07. The van der Waals surface area contributed by atoms with Crippen molar-refractivity contribution in [1.29, 1.82) is 0 Å². The lowest BCUT2D eigenvalue weighted by atomic mass is 10.1. The molecule has 0 bridgehead atoms. The van der Waals surface area contributed by atoms with Crippen LogP contribution in [0.2, 0.25) is 0 Å². The molecule has 0 amide bonds. The minimum Gasteiger partial charge on any atom is -0.438 e. The van der Waals surface area contributed by atoms with Crippen LogP contribution in [-0.2, 0) is 23.3 Å². The number of carbonyl (C=O) groups excluding carboxylic acids is 1. The largest absolute Gasteiger partial charge is 0.502 e. The van der Waals surface area contributed by atoms with Crippen molar-refractivity contribution < 1.29 is 33.4 Å². The number of carbonyl (C=O) groups is 1. The van der Waals surface area contributed by atoms with Gasteiger partial charge in [0.05, 0.1) is 0 Å². The predicted molar refractivity (Wildman–Crippen MR) is 94.2 cm³/mol. The number of nitrogens with two attached hydrogens (primary N) is 1. The van der Waals surface area contributed by atoms with Gasteiger partial charge in [0.2, 0.25) is 6.79 Å². The second-order valence-corrected chi connectivity index (χ2v) is 5.96. The summed E-state index contributed by atoms with van der Waals surface area (Å²) in [5.41, 5.74) is 4.85. The predicted octanol–water partition coefficient (Wildman–Crippen LogP) is 4.00. The Morgan fingerprint density at radius 2 is 1.75 bits per heavy atom. The number of hydrogen-bond donors (Lipinski definition) is 3. The highest BCUT2D eigenvalue weighted by molar-refractivity contribution is 7.47. The van der Waals surface area contributed by atoms with E-state index in [2.05, 4.69) is 20.0 Å². The van der Waals surface area contributed by atoms with Gasteiger partial charge in [-0.2, -0.15) is 0 Å². The van der Waals surface area contributed by atoms with E-state index >= 15 is 0 Å². The topological polar surface area (TPSA) is 128 Å².